The molecule has 1 atom stereocenters. The van der Waals surface area contributed by atoms with E-state index in [2.05, 4.69) is 14.9 Å². The summed E-state index contributed by atoms with van der Waals surface area (Å²) >= 11 is 0. The van der Waals surface area contributed by atoms with Crippen molar-refractivity contribution in [3.8, 4) is 0 Å². The number of piperidine rings is 1. The second kappa shape index (κ2) is 5.11. The largest absolute Gasteiger partial charge is 0.354 e. The maximum absolute atomic E-state index is 14.7. The SMILES string of the molecule is FC1(F)CCN(CC2CC2)C[C@@]12CCN(c1cnccn1)C2. The lowest BCUT2D eigenvalue weighted by molar-refractivity contribution is -0.157. The van der Waals surface area contributed by atoms with E-state index in [9.17, 15) is 8.78 Å². The average Bonchev–Trinajstić information content (AvgIpc) is 3.22. The summed E-state index contributed by atoms with van der Waals surface area (Å²) in [5, 5.41) is 0. The van der Waals surface area contributed by atoms with Gasteiger partial charge in [-0.25, -0.2) is 13.8 Å². The molecule has 120 valence electrons. The number of hydrogen-bond donors (Lipinski definition) is 0. The van der Waals surface area contributed by atoms with Crippen molar-refractivity contribution < 1.29 is 8.78 Å². The number of alkyl halides is 2. The van der Waals surface area contributed by atoms with E-state index in [0.29, 0.717) is 32.6 Å². The number of likely N-dealkylation sites (tertiary alicyclic amines) is 1. The van der Waals surface area contributed by atoms with Crippen molar-refractivity contribution in [3.63, 3.8) is 0 Å². The first kappa shape index (κ1) is 14.3. The second-order valence-electron chi connectivity index (χ2n) is 7.15. The number of hydrogen-bond acceptors (Lipinski definition) is 4. The standard InChI is InChI=1S/C16H22F2N4/c17-16(18)4-7-21(10-13-1-2-13)11-15(16)3-8-22(12-15)14-9-19-5-6-20-14/h5-6,9,13H,1-4,7-8,10-12H2/t15-/m1/s1. The molecule has 4 rings (SSSR count). The molecule has 0 amide bonds. The molecular weight excluding hydrogens is 286 g/mol. The normalized spacial score (nSPS) is 31.8. The molecule has 1 aromatic heterocycles. The quantitative estimate of drug-likeness (QED) is 0.858. The fourth-order valence-electron chi connectivity index (χ4n) is 3.96. The molecular formula is C16H22F2N4. The van der Waals surface area contributed by atoms with E-state index in [1.165, 1.54) is 12.8 Å². The molecule has 0 radical (unpaired) electrons. The van der Waals surface area contributed by atoms with Crippen molar-refractivity contribution in [1.29, 1.82) is 0 Å². The Morgan fingerprint density at radius 3 is 2.73 bits per heavy atom. The first-order chi connectivity index (χ1) is 10.6. The highest BCUT2D eigenvalue weighted by Gasteiger charge is 2.59. The molecule has 0 unspecified atom stereocenters. The summed E-state index contributed by atoms with van der Waals surface area (Å²) in [6.07, 6.45) is 7.98. The minimum absolute atomic E-state index is 0.00592. The third-order valence-electron chi connectivity index (χ3n) is 5.48. The molecule has 4 nitrogen and oxygen atoms in total. The summed E-state index contributed by atoms with van der Waals surface area (Å²) in [7, 11) is 0. The van der Waals surface area contributed by atoms with E-state index < -0.39 is 11.3 Å². The van der Waals surface area contributed by atoms with Crippen LogP contribution in [0.3, 0.4) is 0 Å². The Labute approximate surface area is 129 Å². The Morgan fingerprint density at radius 2 is 2.00 bits per heavy atom. The van der Waals surface area contributed by atoms with Gasteiger partial charge in [-0.2, -0.15) is 0 Å². The third-order valence-corrected chi connectivity index (χ3v) is 5.48. The third kappa shape index (κ3) is 2.47. The van der Waals surface area contributed by atoms with Gasteiger partial charge in [0.15, 0.2) is 0 Å². The van der Waals surface area contributed by atoms with E-state index >= 15 is 0 Å². The summed E-state index contributed by atoms with van der Waals surface area (Å²) in [4.78, 5) is 12.6. The molecule has 3 fully saturated rings. The van der Waals surface area contributed by atoms with Gasteiger partial charge in [0.05, 0.1) is 11.6 Å². The molecule has 0 N–H and O–H groups in total. The molecule has 2 aliphatic heterocycles. The Hall–Kier alpha value is -1.30. The molecule has 2 saturated heterocycles. The number of rotatable bonds is 3. The molecule has 1 saturated carbocycles. The minimum atomic E-state index is -2.58. The Morgan fingerprint density at radius 1 is 1.14 bits per heavy atom. The Balaban J connectivity index is 1.52. The lowest BCUT2D eigenvalue weighted by Gasteiger charge is -2.46. The van der Waals surface area contributed by atoms with E-state index in [1.54, 1.807) is 18.6 Å². The van der Waals surface area contributed by atoms with Crippen LogP contribution in [0.5, 0.6) is 0 Å². The molecule has 3 aliphatic rings. The van der Waals surface area contributed by atoms with E-state index in [4.69, 9.17) is 0 Å². The van der Waals surface area contributed by atoms with Crippen LogP contribution in [0.25, 0.3) is 0 Å². The van der Waals surface area contributed by atoms with Gasteiger partial charge in [0, 0.05) is 51.5 Å². The number of nitrogens with zero attached hydrogens (tertiary/aromatic N) is 4. The van der Waals surface area contributed by atoms with Crippen LogP contribution in [0.4, 0.5) is 14.6 Å². The van der Waals surface area contributed by atoms with Crippen LogP contribution >= 0.6 is 0 Å². The van der Waals surface area contributed by atoms with Crippen molar-refractivity contribution >= 4 is 5.82 Å². The molecule has 1 aromatic rings. The van der Waals surface area contributed by atoms with Crippen LogP contribution in [0.2, 0.25) is 0 Å². The summed E-state index contributed by atoms with van der Waals surface area (Å²) in [5.74, 6) is -1.11. The monoisotopic (exact) mass is 308 g/mol. The van der Waals surface area contributed by atoms with E-state index in [-0.39, 0.29) is 6.42 Å². The van der Waals surface area contributed by atoms with Crippen LogP contribution in [-0.4, -0.2) is 53.5 Å². The molecule has 0 aromatic carbocycles. The van der Waals surface area contributed by atoms with Crippen molar-refractivity contribution in [2.75, 3.05) is 37.6 Å². The van der Waals surface area contributed by atoms with Gasteiger partial charge >= 0.3 is 0 Å². The zero-order valence-electron chi connectivity index (χ0n) is 12.7. The molecule has 0 bridgehead atoms. The number of halogens is 2. The molecule has 1 spiro atoms. The van der Waals surface area contributed by atoms with E-state index in [1.807, 2.05) is 4.90 Å². The van der Waals surface area contributed by atoms with Gasteiger partial charge in [0.25, 0.3) is 5.92 Å². The van der Waals surface area contributed by atoms with Gasteiger partial charge in [0.1, 0.15) is 5.82 Å². The lowest BCUT2D eigenvalue weighted by atomic mass is 9.75. The number of aromatic nitrogens is 2. The van der Waals surface area contributed by atoms with Crippen LogP contribution in [0.1, 0.15) is 25.7 Å². The van der Waals surface area contributed by atoms with Gasteiger partial charge in [-0.05, 0) is 25.2 Å². The second-order valence-corrected chi connectivity index (χ2v) is 7.15. The predicted octanol–water partition coefficient (Wildman–Crippen LogP) is 2.42. The smallest absolute Gasteiger partial charge is 0.257 e. The highest BCUT2D eigenvalue weighted by Crippen LogP contribution is 2.50. The summed E-state index contributed by atoms with van der Waals surface area (Å²) in [6.45, 7) is 3.10. The zero-order chi connectivity index (χ0) is 15.2. The van der Waals surface area contributed by atoms with Gasteiger partial charge in [-0.15, -0.1) is 0 Å². The topological polar surface area (TPSA) is 32.3 Å². The summed E-state index contributed by atoms with van der Waals surface area (Å²) < 4.78 is 29.4. The van der Waals surface area contributed by atoms with Crippen molar-refractivity contribution in [2.45, 2.75) is 31.6 Å². The fraction of sp³-hybridized carbons (Fsp3) is 0.750. The first-order valence-corrected chi connectivity index (χ1v) is 8.19. The highest BCUT2D eigenvalue weighted by atomic mass is 19.3. The van der Waals surface area contributed by atoms with Crippen molar-refractivity contribution in [2.24, 2.45) is 11.3 Å². The Kier molecular flexibility index (Phi) is 3.33. The maximum atomic E-state index is 14.7. The molecule has 3 heterocycles. The van der Waals surface area contributed by atoms with Gasteiger partial charge in [-0.1, -0.05) is 0 Å². The molecule has 22 heavy (non-hydrogen) atoms. The lowest BCUT2D eigenvalue weighted by Crippen LogP contribution is -2.57. The van der Waals surface area contributed by atoms with E-state index in [0.717, 1.165) is 18.3 Å². The molecule has 1 aliphatic carbocycles. The van der Waals surface area contributed by atoms with Crippen LogP contribution in [0, 0.1) is 11.3 Å². The molecule has 6 heteroatoms. The predicted molar refractivity (Wildman–Crippen MR) is 80.0 cm³/mol. The zero-order valence-corrected chi connectivity index (χ0v) is 12.7. The average molecular weight is 308 g/mol. The van der Waals surface area contributed by atoms with Gasteiger partial charge < -0.3 is 9.80 Å². The van der Waals surface area contributed by atoms with Gasteiger partial charge in [0.2, 0.25) is 0 Å². The van der Waals surface area contributed by atoms with Crippen LogP contribution < -0.4 is 4.90 Å². The van der Waals surface area contributed by atoms with Crippen molar-refractivity contribution in [1.82, 2.24) is 14.9 Å². The maximum Gasteiger partial charge on any atom is 0.257 e. The van der Waals surface area contributed by atoms with Crippen molar-refractivity contribution in [3.05, 3.63) is 18.6 Å². The summed E-state index contributed by atoms with van der Waals surface area (Å²) in [6, 6.07) is 0. The first-order valence-electron chi connectivity index (χ1n) is 8.19. The highest BCUT2D eigenvalue weighted by molar-refractivity contribution is 5.38. The fourth-order valence-corrected chi connectivity index (χ4v) is 3.96. The summed E-state index contributed by atoms with van der Waals surface area (Å²) in [5.41, 5.74) is -0.919. The van der Waals surface area contributed by atoms with Crippen LogP contribution in [0.15, 0.2) is 18.6 Å². The number of anilines is 1. The van der Waals surface area contributed by atoms with Gasteiger partial charge in [-0.3, -0.25) is 4.98 Å². The van der Waals surface area contributed by atoms with Crippen LogP contribution in [-0.2, 0) is 0 Å². The minimum Gasteiger partial charge on any atom is -0.354 e. The Bertz CT molecular complexity index is 534.